The number of benzene rings is 2. The molecule has 0 heterocycles. The summed E-state index contributed by atoms with van der Waals surface area (Å²) < 4.78 is 11.1. The molecule has 0 aliphatic rings. The molecule has 0 fully saturated rings. The molecule has 0 radical (unpaired) electrons. The average molecular weight is 412 g/mol. The highest BCUT2D eigenvalue weighted by Crippen LogP contribution is 2.28. The summed E-state index contributed by atoms with van der Waals surface area (Å²) in [5, 5.41) is 8.67. The maximum atomic E-state index is 12.1. The van der Waals surface area contributed by atoms with Crippen molar-refractivity contribution in [2.45, 2.75) is 13.8 Å². The first-order valence-corrected chi connectivity index (χ1v) is 9.24. The predicted octanol–water partition coefficient (Wildman–Crippen LogP) is 1.61. The topological polar surface area (TPSA) is 118 Å². The van der Waals surface area contributed by atoms with Crippen LogP contribution in [0.5, 0.6) is 11.5 Å². The van der Waals surface area contributed by atoms with Gasteiger partial charge in [-0.1, -0.05) is 17.7 Å². The largest absolute Gasteiger partial charge is 0.490 e. The zero-order valence-electron chi connectivity index (χ0n) is 17.0. The molecule has 0 unspecified atom stereocenters. The molecule has 2 aromatic carbocycles. The normalized spacial score (nSPS) is 10.4. The summed E-state index contributed by atoms with van der Waals surface area (Å²) >= 11 is 0. The van der Waals surface area contributed by atoms with Gasteiger partial charge >= 0.3 is 11.8 Å². The molecule has 0 spiro atoms. The number of aryl methyl sites for hydroxylation is 1. The number of hydrazone groups is 1. The lowest BCUT2D eigenvalue weighted by Crippen LogP contribution is -2.35. The number of carbonyl (C=O) groups excluding carboxylic acids is 3. The minimum Gasteiger partial charge on any atom is -0.490 e. The van der Waals surface area contributed by atoms with Gasteiger partial charge in [0.25, 0.3) is 5.91 Å². The summed E-state index contributed by atoms with van der Waals surface area (Å²) in [6.07, 6.45) is 1.36. The number of anilines is 1. The molecule has 0 saturated carbocycles. The Morgan fingerprint density at radius 3 is 2.40 bits per heavy atom. The Kier molecular flexibility index (Phi) is 8.37. The number of rotatable bonds is 8. The van der Waals surface area contributed by atoms with E-state index in [-0.39, 0.29) is 12.5 Å². The van der Waals surface area contributed by atoms with Crippen molar-refractivity contribution >= 4 is 29.6 Å². The Hall–Kier alpha value is -3.88. The molecule has 2 rings (SSSR count). The van der Waals surface area contributed by atoms with E-state index in [0.29, 0.717) is 29.4 Å². The second-order valence-corrected chi connectivity index (χ2v) is 6.12. The highest BCUT2D eigenvalue weighted by atomic mass is 16.5. The third kappa shape index (κ3) is 6.93. The van der Waals surface area contributed by atoms with Crippen molar-refractivity contribution in [3.63, 3.8) is 0 Å². The van der Waals surface area contributed by atoms with Crippen molar-refractivity contribution in [3.05, 3.63) is 53.6 Å². The minimum atomic E-state index is -0.877. The molecule has 9 heteroatoms. The van der Waals surface area contributed by atoms with Crippen LogP contribution in [0, 0.1) is 6.92 Å². The lowest BCUT2D eigenvalue weighted by Gasteiger charge is -2.12. The van der Waals surface area contributed by atoms with Crippen molar-refractivity contribution in [2.75, 3.05) is 25.6 Å². The van der Waals surface area contributed by atoms with Gasteiger partial charge in [0.1, 0.15) is 0 Å². The average Bonchev–Trinajstić information content (AvgIpc) is 2.74. The molecule has 3 amide bonds. The van der Waals surface area contributed by atoms with E-state index in [1.165, 1.54) is 13.3 Å². The lowest BCUT2D eigenvalue weighted by atomic mass is 10.2. The van der Waals surface area contributed by atoms with Crippen LogP contribution in [0.15, 0.2) is 47.6 Å². The van der Waals surface area contributed by atoms with Gasteiger partial charge < -0.3 is 20.1 Å². The van der Waals surface area contributed by atoms with Crippen LogP contribution < -0.4 is 25.5 Å². The van der Waals surface area contributed by atoms with Crippen LogP contribution in [0.3, 0.4) is 0 Å². The molecule has 0 bridgehead atoms. The van der Waals surface area contributed by atoms with E-state index in [1.54, 1.807) is 18.2 Å². The fraction of sp³-hybridized carbons (Fsp3) is 0.238. The van der Waals surface area contributed by atoms with E-state index in [4.69, 9.17) is 9.47 Å². The second kappa shape index (κ2) is 11.2. The Labute approximate surface area is 174 Å². The van der Waals surface area contributed by atoms with Crippen LogP contribution >= 0.6 is 0 Å². The third-order valence-electron chi connectivity index (χ3n) is 3.77. The number of likely N-dealkylation sites (N-methyl/N-ethyl adjacent to an activating group) is 1. The number of hydrogen-bond donors (Lipinski definition) is 3. The van der Waals surface area contributed by atoms with Gasteiger partial charge in [0.05, 0.1) is 12.8 Å². The molecule has 0 aromatic heterocycles. The van der Waals surface area contributed by atoms with Crippen molar-refractivity contribution in [1.29, 1.82) is 0 Å². The van der Waals surface area contributed by atoms with E-state index in [9.17, 15) is 14.4 Å². The molecule has 0 aliphatic heterocycles. The predicted molar refractivity (Wildman–Crippen MR) is 113 cm³/mol. The monoisotopic (exact) mass is 412 g/mol. The molecular weight excluding hydrogens is 388 g/mol. The van der Waals surface area contributed by atoms with Crippen molar-refractivity contribution in [3.8, 4) is 11.5 Å². The standard InChI is InChI=1S/C21H24N4O5/c1-4-29-18-11-15(12-23-25-21(28)20(27)22-3)7-10-17(18)30-13-19(26)24-16-8-5-14(2)6-9-16/h5-12H,4,13H2,1-3H3,(H,22,27)(H,24,26)(H,25,28)/b23-12-. The quantitative estimate of drug-likeness (QED) is 0.346. The van der Waals surface area contributed by atoms with Crippen molar-refractivity contribution in [1.82, 2.24) is 10.7 Å². The van der Waals surface area contributed by atoms with Gasteiger partial charge in [-0.05, 0) is 49.7 Å². The van der Waals surface area contributed by atoms with Gasteiger partial charge in [-0.2, -0.15) is 5.10 Å². The van der Waals surface area contributed by atoms with Gasteiger partial charge in [0.15, 0.2) is 18.1 Å². The zero-order chi connectivity index (χ0) is 21.9. The molecule has 30 heavy (non-hydrogen) atoms. The first kappa shape index (κ1) is 22.4. The highest BCUT2D eigenvalue weighted by Gasteiger charge is 2.11. The fourth-order valence-electron chi connectivity index (χ4n) is 2.30. The number of amides is 3. The van der Waals surface area contributed by atoms with E-state index in [0.717, 1.165) is 5.56 Å². The summed E-state index contributed by atoms with van der Waals surface area (Å²) in [7, 11) is 1.35. The molecule has 2 aromatic rings. The first-order chi connectivity index (χ1) is 14.4. The fourth-order valence-corrected chi connectivity index (χ4v) is 2.30. The summed E-state index contributed by atoms with van der Waals surface area (Å²) in [6, 6.07) is 12.4. The number of hydrogen-bond acceptors (Lipinski definition) is 6. The van der Waals surface area contributed by atoms with E-state index in [1.807, 2.05) is 38.1 Å². The number of ether oxygens (including phenoxy) is 2. The number of nitrogens with zero attached hydrogens (tertiary/aromatic N) is 1. The van der Waals surface area contributed by atoms with E-state index in [2.05, 4.69) is 21.2 Å². The third-order valence-corrected chi connectivity index (χ3v) is 3.77. The molecule has 0 aliphatic carbocycles. The Balaban J connectivity index is 1.98. The molecule has 3 N–H and O–H groups in total. The van der Waals surface area contributed by atoms with E-state index < -0.39 is 11.8 Å². The van der Waals surface area contributed by atoms with Crippen molar-refractivity contribution < 1.29 is 23.9 Å². The van der Waals surface area contributed by atoms with Crippen LogP contribution in [0.1, 0.15) is 18.1 Å². The number of carbonyl (C=O) groups is 3. The SMILES string of the molecule is CCOc1cc(/C=N\NC(=O)C(=O)NC)ccc1OCC(=O)Nc1ccc(C)cc1. The Bertz CT molecular complexity index is 925. The number of nitrogens with one attached hydrogen (secondary N) is 3. The second-order valence-electron chi connectivity index (χ2n) is 6.12. The van der Waals surface area contributed by atoms with Crippen LogP contribution in [0.25, 0.3) is 0 Å². The maximum absolute atomic E-state index is 12.1. The van der Waals surface area contributed by atoms with Crippen LogP contribution in [-0.4, -0.2) is 44.2 Å². The summed E-state index contributed by atoms with van der Waals surface area (Å²) in [5.41, 5.74) is 4.50. The van der Waals surface area contributed by atoms with Crippen molar-refractivity contribution in [2.24, 2.45) is 5.10 Å². The molecule has 0 saturated heterocycles. The molecular formula is C21H24N4O5. The smallest absolute Gasteiger partial charge is 0.329 e. The highest BCUT2D eigenvalue weighted by molar-refractivity contribution is 6.35. The minimum absolute atomic E-state index is 0.191. The zero-order valence-corrected chi connectivity index (χ0v) is 17.0. The lowest BCUT2D eigenvalue weighted by molar-refractivity contribution is -0.138. The van der Waals surface area contributed by atoms with E-state index >= 15 is 0 Å². The van der Waals surface area contributed by atoms with Gasteiger partial charge in [0, 0.05) is 12.7 Å². The van der Waals surface area contributed by atoms with Crippen LogP contribution in [-0.2, 0) is 14.4 Å². The van der Waals surface area contributed by atoms with Gasteiger partial charge in [-0.3, -0.25) is 14.4 Å². The maximum Gasteiger partial charge on any atom is 0.329 e. The summed E-state index contributed by atoms with van der Waals surface area (Å²) in [6.45, 7) is 3.98. The summed E-state index contributed by atoms with van der Waals surface area (Å²) in [5.74, 6) is -1.17. The Morgan fingerprint density at radius 1 is 1.00 bits per heavy atom. The van der Waals surface area contributed by atoms with Gasteiger partial charge in [-0.25, -0.2) is 5.43 Å². The molecule has 158 valence electrons. The molecule has 9 nitrogen and oxygen atoms in total. The molecule has 0 atom stereocenters. The first-order valence-electron chi connectivity index (χ1n) is 9.24. The van der Waals surface area contributed by atoms with Gasteiger partial charge in [0.2, 0.25) is 0 Å². The van der Waals surface area contributed by atoms with Crippen LogP contribution in [0.4, 0.5) is 5.69 Å². The van der Waals surface area contributed by atoms with Crippen LogP contribution in [0.2, 0.25) is 0 Å². The van der Waals surface area contributed by atoms with Gasteiger partial charge in [-0.15, -0.1) is 0 Å². The summed E-state index contributed by atoms with van der Waals surface area (Å²) in [4.78, 5) is 34.6. The Morgan fingerprint density at radius 2 is 1.73 bits per heavy atom.